The number of aromatic nitrogens is 3. The van der Waals surface area contributed by atoms with Gasteiger partial charge in [0.05, 0.1) is 28.7 Å². The lowest BCUT2D eigenvalue weighted by Crippen LogP contribution is -2.05. The Hall–Kier alpha value is -1.52. The van der Waals surface area contributed by atoms with Gasteiger partial charge in [0.25, 0.3) is 0 Å². The van der Waals surface area contributed by atoms with Crippen molar-refractivity contribution in [2.24, 2.45) is 0 Å². The molecule has 2 aromatic heterocycles. The zero-order valence-corrected chi connectivity index (χ0v) is 11.7. The van der Waals surface area contributed by atoms with E-state index in [0.717, 1.165) is 22.6 Å². The Kier molecular flexibility index (Phi) is 3.21. The number of benzene rings is 1. The Morgan fingerprint density at radius 3 is 2.89 bits per heavy atom. The third-order valence-corrected chi connectivity index (χ3v) is 3.42. The Bertz CT molecular complexity index is 704. The van der Waals surface area contributed by atoms with Gasteiger partial charge in [-0.3, -0.25) is 0 Å². The molecule has 0 aliphatic rings. The van der Waals surface area contributed by atoms with Crippen LogP contribution in [0.1, 0.15) is 23.9 Å². The maximum absolute atomic E-state index is 6.20. The second-order valence-corrected chi connectivity index (χ2v) is 5.32. The van der Waals surface area contributed by atoms with E-state index in [4.69, 9.17) is 27.7 Å². The summed E-state index contributed by atoms with van der Waals surface area (Å²) in [5, 5.41) is 4.11. The van der Waals surface area contributed by atoms with Crippen LogP contribution in [0, 0.1) is 0 Å². The van der Waals surface area contributed by atoms with Crippen LogP contribution in [0.4, 0.5) is 0 Å². The van der Waals surface area contributed by atoms with E-state index in [-0.39, 0.29) is 5.38 Å². The predicted octanol–water partition coefficient (Wildman–Crippen LogP) is 4.03. The quantitative estimate of drug-likeness (QED) is 0.685. The molecule has 0 aliphatic carbocycles. The van der Waals surface area contributed by atoms with Gasteiger partial charge in [0, 0.05) is 6.07 Å². The molecule has 0 saturated heterocycles. The Morgan fingerprint density at radius 2 is 2.21 bits per heavy atom. The second-order valence-electron chi connectivity index (χ2n) is 4.26. The number of nitrogens with zero attached hydrogens (tertiary/aromatic N) is 3. The average Bonchev–Trinajstić information content (AvgIpc) is 2.99. The van der Waals surface area contributed by atoms with Crippen molar-refractivity contribution in [2.75, 3.05) is 0 Å². The first-order valence-corrected chi connectivity index (χ1v) is 6.66. The number of hydrogen-bond donors (Lipinski definition) is 0. The molecule has 0 aliphatic heterocycles. The van der Waals surface area contributed by atoms with Gasteiger partial charge in [-0.25, -0.2) is 4.98 Å². The van der Waals surface area contributed by atoms with Crippen LogP contribution < -0.4 is 0 Å². The minimum absolute atomic E-state index is 0.216. The number of halogens is 2. The van der Waals surface area contributed by atoms with Crippen LogP contribution in [0.5, 0.6) is 0 Å². The third-order valence-electron chi connectivity index (χ3n) is 2.92. The molecule has 4 nitrogen and oxygen atoms in total. The summed E-state index contributed by atoms with van der Waals surface area (Å²) in [6.45, 7) is 2.41. The van der Waals surface area contributed by atoms with Gasteiger partial charge >= 0.3 is 0 Å². The summed E-state index contributed by atoms with van der Waals surface area (Å²) < 4.78 is 7.15. The van der Waals surface area contributed by atoms with E-state index in [2.05, 4.69) is 10.1 Å². The molecule has 3 aromatic rings. The molecule has 1 unspecified atom stereocenters. The zero-order valence-electron chi connectivity index (χ0n) is 10.2. The summed E-state index contributed by atoms with van der Waals surface area (Å²) in [6, 6.07) is 7.50. The van der Waals surface area contributed by atoms with Crippen LogP contribution in [-0.4, -0.2) is 14.7 Å². The predicted molar refractivity (Wildman–Crippen MR) is 74.6 cm³/mol. The second kappa shape index (κ2) is 4.87. The van der Waals surface area contributed by atoms with Crippen molar-refractivity contribution < 1.29 is 4.52 Å². The first kappa shape index (κ1) is 12.5. The van der Waals surface area contributed by atoms with E-state index in [0.29, 0.717) is 11.6 Å². The maximum atomic E-state index is 6.20. The highest BCUT2D eigenvalue weighted by molar-refractivity contribution is 6.35. The SMILES string of the molecule is CC(Cl)c1nc2c(Cl)cccc2n1Cc1ccno1. The first-order valence-electron chi connectivity index (χ1n) is 5.85. The van der Waals surface area contributed by atoms with E-state index in [1.54, 1.807) is 6.20 Å². The normalized spacial score (nSPS) is 13.0. The van der Waals surface area contributed by atoms with E-state index >= 15 is 0 Å². The number of imidazole rings is 1. The van der Waals surface area contributed by atoms with Crippen LogP contribution in [-0.2, 0) is 6.54 Å². The summed E-state index contributed by atoms with van der Waals surface area (Å²) in [5.41, 5.74) is 1.69. The molecule has 0 fully saturated rings. The summed E-state index contributed by atoms with van der Waals surface area (Å²) in [6.07, 6.45) is 1.62. The fourth-order valence-electron chi connectivity index (χ4n) is 2.08. The van der Waals surface area contributed by atoms with Gasteiger partial charge in [0.1, 0.15) is 11.3 Å². The van der Waals surface area contributed by atoms with Crippen molar-refractivity contribution in [2.45, 2.75) is 18.8 Å². The fraction of sp³-hybridized carbons (Fsp3) is 0.231. The molecule has 0 saturated carbocycles. The molecule has 1 atom stereocenters. The third kappa shape index (κ3) is 2.22. The minimum Gasteiger partial charge on any atom is -0.359 e. The molecule has 98 valence electrons. The summed E-state index contributed by atoms with van der Waals surface area (Å²) in [5.74, 6) is 1.51. The van der Waals surface area contributed by atoms with Crippen molar-refractivity contribution in [1.82, 2.24) is 14.7 Å². The molecule has 6 heteroatoms. The number of hydrogen-bond acceptors (Lipinski definition) is 3. The number of alkyl halides is 1. The van der Waals surface area contributed by atoms with Gasteiger partial charge in [-0.1, -0.05) is 22.8 Å². The highest BCUT2D eigenvalue weighted by Crippen LogP contribution is 2.29. The van der Waals surface area contributed by atoms with Crippen LogP contribution in [0.25, 0.3) is 11.0 Å². The molecule has 2 heterocycles. The van der Waals surface area contributed by atoms with Crippen molar-refractivity contribution in [1.29, 1.82) is 0 Å². The van der Waals surface area contributed by atoms with Crippen molar-refractivity contribution >= 4 is 34.2 Å². The molecule has 0 bridgehead atoms. The van der Waals surface area contributed by atoms with E-state index in [1.165, 1.54) is 0 Å². The smallest absolute Gasteiger partial charge is 0.156 e. The monoisotopic (exact) mass is 295 g/mol. The number of fused-ring (bicyclic) bond motifs is 1. The number of rotatable bonds is 3. The Balaban J connectivity index is 2.19. The lowest BCUT2D eigenvalue weighted by molar-refractivity contribution is 0.376. The van der Waals surface area contributed by atoms with E-state index in [1.807, 2.05) is 35.8 Å². The summed E-state index contributed by atoms with van der Waals surface area (Å²) >= 11 is 12.4. The highest BCUT2D eigenvalue weighted by atomic mass is 35.5. The van der Waals surface area contributed by atoms with Gasteiger partial charge in [-0.15, -0.1) is 11.6 Å². The van der Waals surface area contributed by atoms with Gasteiger partial charge in [-0.2, -0.15) is 0 Å². The van der Waals surface area contributed by atoms with Crippen molar-refractivity contribution in [3.05, 3.63) is 47.1 Å². The average molecular weight is 296 g/mol. The van der Waals surface area contributed by atoms with Crippen molar-refractivity contribution in [3.8, 4) is 0 Å². The molecule has 3 rings (SSSR count). The van der Waals surface area contributed by atoms with E-state index in [9.17, 15) is 0 Å². The topological polar surface area (TPSA) is 43.9 Å². The molecule has 0 radical (unpaired) electrons. The number of para-hydroxylation sites is 1. The Morgan fingerprint density at radius 1 is 1.37 bits per heavy atom. The van der Waals surface area contributed by atoms with E-state index < -0.39 is 0 Å². The van der Waals surface area contributed by atoms with Gasteiger partial charge < -0.3 is 9.09 Å². The first-order chi connectivity index (χ1) is 9.16. The molecule has 19 heavy (non-hydrogen) atoms. The van der Waals surface area contributed by atoms with Crippen LogP contribution in [0.2, 0.25) is 5.02 Å². The molecular weight excluding hydrogens is 285 g/mol. The fourth-order valence-corrected chi connectivity index (χ4v) is 2.46. The van der Waals surface area contributed by atoms with Gasteiger partial charge in [0.15, 0.2) is 5.76 Å². The largest absolute Gasteiger partial charge is 0.359 e. The molecule has 0 spiro atoms. The minimum atomic E-state index is -0.216. The van der Waals surface area contributed by atoms with Crippen LogP contribution in [0.15, 0.2) is 35.0 Å². The van der Waals surface area contributed by atoms with Crippen LogP contribution >= 0.6 is 23.2 Å². The molecule has 0 N–H and O–H groups in total. The molecule has 0 amide bonds. The van der Waals surface area contributed by atoms with Gasteiger partial charge in [-0.05, 0) is 19.1 Å². The lowest BCUT2D eigenvalue weighted by atomic mass is 10.3. The maximum Gasteiger partial charge on any atom is 0.156 e. The highest BCUT2D eigenvalue weighted by Gasteiger charge is 2.17. The van der Waals surface area contributed by atoms with Crippen molar-refractivity contribution in [3.63, 3.8) is 0 Å². The molecule has 1 aromatic carbocycles. The Labute approximate surface area is 119 Å². The summed E-state index contributed by atoms with van der Waals surface area (Å²) in [4.78, 5) is 4.53. The standard InChI is InChI=1S/C13H11Cl2N3O/c1-8(14)13-17-12-10(15)3-2-4-11(12)18(13)7-9-5-6-16-19-9/h2-6,8H,7H2,1H3. The van der Waals surface area contributed by atoms with Gasteiger partial charge in [0.2, 0.25) is 0 Å². The zero-order chi connectivity index (χ0) is 13.4. The van der Waals surface area contributed by atoms with Crippen LogP contribution in [0.3, 0.4) is 0 Å². The lowest BCUT2D eigenvalue weighted by Gasteiger charge is -2.08. The molecular formula is C13H11Cl2N3O. The summed E-state index contributed by atoms with van der Waals surface area (Å²) in [7, 11) is 0.